The van der Waals surface area contributed by atoms with Gasteiger partial charge in [-0.2, -0.15) is 0 Å². The fourth-order valence-corrected chi connectivity index (χ4v) is 3.38. The Kier molecular flexibility index (Phi) is 4.18. The molecule has 0 spiro atoms. The number of hydrogen-bond donors (Lipinski definition) is 2. The number of thiophene rings is 1. The minimum absolute atomic E-state index is 0.123. The zero-order chi connectivity index (χ0) is 17.3. The van der Waals surface area contributed by atoms with E-state index in [1.165, 1.54) is 11.3 Å². The van der Waals surface area contributed by atoms with Gasteiger partial charge in [0.1, 0.15) is 5.00 Å². The quantitative estimate of drug-likeness (QED) is 0.760. The molecular weight excluding hydrogens is 326 g/mol. The summed E-state index contributed by atoms with van der Waals surface area (Å²) in [6, 6.07) is 11.2. The van der Waals surface area contributed by atoms with Crippen LogP contribution >= 0.6 is 11.3 Å². The van der Waals surface area contributed by atoms with Crippen molar-refractivity contribution in [2.24, 2.45) is 5.73 Å². The molecule has 2 heterocycles. The summed E-state index contributed by atoms with van der Waals surface area (Å²) in [5.41, 5.74) is 7.13. The van der Waals surface area contributed by atoms with Gasteiger partial charge in [-0.3, -0.25) is 9.59 Å². The fraction of sp³-hybridized carbons (Fsp3) is 0.118. The zero-order valence-corrected chi connectivity index (χ0v) is 13.9. The van der Waals surface area contributed by atoms with Crippen molar-refractivity contribution >= 4 is 28.2 Å². The third-order valence-electron chi connectivity index (χ3n) is 3.39. The summed E-state index contributed by atoms with van der Waals surface area (Å²) in [7, 11) is 0. The molecule has 0 bridgehead atoms. The first-order valence-corrected chi connectivity index (χ1v) is 8.02. The molecule has 0 atom stereocenters. The number of aromatic nitrogens is 1. The standard InChI is InChI=1S/C17H15N3O3S/c1-9-14(23-10(2)19-9)16(22)20-17-12(15(18)21)8-13(24-17)11-6-4-3-5-7-11/h3-8H,1-2H3,(H2,18,21)(H,20,22). The van der Waals surface area contributed by atoms with E-state index in [1.807, 2.05) is 30.3 Å². The highest BCUT2D eigenvalue weighted by molar-refractivity contribution is 7.20. The van der Waals surface area contributed by atoms with E-state index in [1.54, 1.807) is 19.9 Å². The highest BCUT2D eigenvalue weighted by Crippen LogP contribution is 2.35. The van der Waals surface area contributed by atoms with Crippen LogP contribution < -0.4 is 11.1 Å². The smallest absolute Gasteiger partial charge is 0.294 e. The molecular formula is C17H15N3O3S. The molecule has 0 unspecified atom stereocenters. The van der Waals surface area contributed by atoms with Crippen molar-refractivity contribution in [2.75, 3.05) is 5.32 Å². The molecule has 0 saturated carbocycles. The summed E-state index contributed by atoms with van der Waals surface area (Å²) in [5, 5.41) is 3.09. The lowest BCUT2D eigenvalue weighted by Crippen LogP contribution is -2.16. The molecule has 2 amide bonds. The number of nitrogens with zero attached hydrogens (tertiary/aromatic N) is 1. The Bertz CT molecular complexity index is 913. The number of nitrogens with one attached hydrogen (secondary N) is 1. The Morgan fingerprint density at radius 3 is 2.50 bits per heavy atom. The number of hydrogen-bond acceptors (Lipinski definition) is 5. The molecule has 0 aliphatic heterocycles. The predicted octanol–water partition coefficient (Wildman–Crippen LogP) is 3.37. The van der Waals surface area contributed by atoms with Gasteiger partial charge in [-0.1, -0.05) is 30.3 Å². The number of anilines is 1. The molecule has 1 aromatic carbocycles. The lowest BCUT2D eigenvalue weighted by molar-refractivity contribution is 0.0995. The number of carbonyl (C=O) groups excluding carboxylic acids is 2. The predicted molar refractivity (Wildman–Crippen MR) is 92.2 cm³/mol. The van der Waals surface area contributed by atoms with Crippen molar-refractivity contribution in [2.45, 2.75) is 13.8 Å². The second-order valence-corrected chi connectivity index (χ2v) is 6.24. The van der Waals surface area contributed by atoms with Crippen LogP contribution in [0.5, 0.6) is 0 Å². The molecule has 24 heavy (non-hydrogen) atoms. The molecule has 0 radical (unpaired) electrons. The SMILES string of the molecule is Cc1nc(C)c(C(=O)Nc2sc(-c3ccccc3)cc2C(N)=O)o1. The van der Waals surface area contributed by atoms with Gasteiger partial charge >= 0.3 is 0 Å². The number of oxazole rings is 1. The normalized spacial score (nSPS) is 10.6. The van der Waals surface area contributed by atoms with Crippen molar-refractivity contribution in [3.8, 4) is 10.4 Å². The minimum atomic E-state index is -0.603. The van der Waals surface area contributed by atoms with Gasteiger partial charge < -0.3 is 15.5 Å². The van der Waals surface area contributed by atoms with E-state index in [2.05, 4.69) is 10.3 Å². The van der Waals surface area contributed by atoms with Crippen molar-refractivity contribution in [3.05, 3.63) is 59.3 Å². The lowest BCUT2D eigenvalue weighted by Gasteiger charge is -2.02. The van der Waals surface area contributed by atoms with Gasteiger partial charge in [-0.15, -0.1) is 11.3 Å². The molecule has 0 aliphatic rings. The number of carbonyl (C=O) groups is 2. The van der Waals surface area contributed by atoms with Crippen molar-refractivity contribution in [1.82, 2.24) is 4.98 Å². The maximum Gasteiger partial charge on any atom is 0.294 e. The second-order valence-electron chi connectivity index (χ2n) is 5.19. The maximum absolute atomic E-state index is 12.4. The van der Waals surface area contributed by atoms with E-state index >= 15 is 0 Å². The topological polar surface area (TPSA) is 98.2 Å². The monoisotopic (exact) mass is 341 g/mol. The number of benzene rings is 1. The minimum Gasteiger partial charge on any atom is -0.436 e. The summed E-state index contributed by atoms with van der Waals surface area (Å²) in [5.74, 6) is -0.534. The highest BCUT2D eigenvalue weighted by atomic mass is 32.1. The summed E-state index contributed by atoms with van der Waals surface area (Å²) in [6.45, 7) is 3.35. The third kappa shape index (κ3) is 3.07. The van der Waals surface area contributed by atoms with Crippen LogP contribution in [-0.4, -0.2) is 16.8 Å². The van der Waals surface area contributed by atoms with Crippen LogP contribution in [0.25, 0.3) is 10.4 Å². The molecule has 3 aromatic rings. The number of rotatable bonds is 4. The van der Waals surface area contributed by atoms with Crippen molar-refractivity contribution < 1.29 is 14.0 Å². The number of nitrogens with two attached hydrogens (primary N) is 1. The summed E-state index contributed by atoms with van der Waals surface area (Å²) >= 11 is 1.28. The summed E-state index contributed by atoms with van der Waals surface area (Å²) < 4.78 is 5.31. The molecule has 3 rings (SSSR count). The summed E-state index contributed by atoms with van der Waals surface area (Å²) in [4.78, 5) is 29.0. The Balaban J connectivity index is 1.95. The first-order valence-electron chi connectivity index (χ1n) is 7.20. The van der Waals surface area contributed by atoms with Crippen LogP contribution in [0.4, 0.5) is 5.00 Å². The van der Waals surface area contributed by atoms with Crippen LogP contribution in [0.15, 0.2) is 40.8 Å². The molecule has 0 fully saturated rings. The number of primary amides is 1. The van der Waals surface area contributed by atoms with Crippen LogP contribution in [0.2, 0.25) is 0 Å². The molecule has 7 heteroatoms. The Labute approximate surface area is 142 Å². The van der Waals surface area contributed by atoms with E-state index in [4.69, 9.17) is 10.2 Å². The average molecular weight is 341 g/mol. The van der Waals surface area contributed by atoms with Gasteiger partial charge in [-0.05, 0) is 18.6 Å². The number of amides is 2. The Morgan fingerprint density at radius 1 is 1.21 bits per heavy atom. The van der Waals surface area contributed by atoms with E-state index in [0.717, 1.165) is 10.4 Å². The van der Waals surface area contributed by atoms with Gasteiger partial charge in [-0.25, -0.2) is 4.98 Å². The van der Waals surface area contributed by atoms with Gasteiger partial charge in [0, 0.05) is 11.8 Å². The molecule has 0 saturated heterocycles. The third-order valence-corrected chi connectivity index (χ3v) is 4.49. The van der Waals surface area contributed by atoms with Crippen LogP contribution in [0.3, 0.4) is 0 Å². The van der Waals surface area contributed by atoms with Gasteiger partial charge in [0.2, 0.25) is 5.76 Å². The maximum atomic E-state index is 12.4. The van der Waals surface area contributed by atoms with Crippen LogP contribution in [0, 0.1) is 13.8 Å². The highest BCUT2D eigenvalue weighted by Gasteiger charge is 2.21. The average Bonchev–Trinajstić information content (AvgIpc) is 3.11. The van der Waals surface area contributed by atoms with Crippen molar-refractivity contribution in [1.29, 1.82) is 0 Å². The molecule has 6 nitrogen and oxygen atoms in total. The van der Waals surface area contributed by atoms with Crippen LogP contribution in [0.1, 0.15) is 32.5 Å². The van der Waals surface area contributed by atoms with Gasteiger partial charge in [0.25, 0.3) is 11.8 Å². The van der Waals surface area contributed by atoms with E-state index in [-0.39, 0.29) is 11.3 Å². The molecule has 3 N–H and O–H groups in total. The van der Waals surface area contributed by atoms with E-state index in [9.17, 15) is 9.59 Å². The van der Waals surface area contributed by atoms with Crippen molar-refractivity contribution in [3.63, 3.8) is 0 Å². The Hall–Kier alpha value is -2.93. The molecule has 122 valence electrons. The van der Waals surface area contributed by atoms with E-state index in [0.29, 0.717) is 16.6 Å². The largest absolute Gasteiger partial charge is 0.436 e. The zero-order valence-electron chi connectivity index (χ0n) is 13.1. The van der Waals surface area contributed by atoms with Crippen LogP contribution in [-0.2, 0) is 0 Å². The molecule has 2 aromatic heterocycles. The first-order chi connectivity index (χ1) is 11.5. The fourth-order valence-electron chi connectivity index (χ4n) is 2.31. The summed E-state index contributed by atoms with van der Waals surface area (Å²) in [6.07, 6.45) is 0. The number of aryl methyl sites for hydroxylation is 2. The first kappa shape index (κ1) is 15.9. The van der Waals surface area contributed by atoms with Gasteiger partial charge in [0.15, 0.2) is 5.89 Å². The molecule has 0 aliphatic carbocycles. The van der Waals surface area contributed by atoms with Gasteiger partial charge in [0.05, 0.1) is 11.3 Å². The Morgan fingerprint density at radius 2 is 1.92 bits per heavy atom. The second kappa shape index (κ2) is 6.29. The lowest BCUT2D eigenvalue weighted by atomic mass is 10.1. The van der Waals surface area contributed by atoms with E-state index < -0.39 is 11.8 Å².